The zero-order chi connectivity index (χ0) is 32.2. The maximum atomic E-state index is 12.7. The Morgan fingerprint density at radius 1 is 0.837 bits per heavy atom. The number of hydrogen-bond acceptors (Lipinski definition) is 18. The van der Waals surface area contributed by atoms with Crippen LogP contribution < -0.4 is 0 Å². The van der Waals surface area contributed by atoms with Crippen LogP contribution in [-0.4, -0.2) is 124 Å². The molecular weight excluding hydrogens is 610 g/mol. The Morgan fingerprint density at radius 2 is 1.42 bits per heavy atom. The zero-order valence-corrected chi connectivity index (χ0v) is 24.5. The van der Waals surface area contributed by atoms with Crippen molar-refractivity contribution in [1.82, 2.24) is 0 Å². The zero-order valence-electron chi connectivity index (χ0n) is 23.7. The number of nitrogens with zero attached hydrogens (tertiary/aromatic N) is 1. The molecule has 1 N–H and O–H groups in total. The lowest BCUT2D eigenvalue weighted by atomic mass is 9.95. The topological polar surface area (TPSA) is 244 Å². The van der Waals surface area contributed by atoms with Gasteiger partial charge in [-0.15, -0.1) is 0 Å². The minimum Gasteiger partial charge on any atom is -0.467 e. The van der Waals surface area contributed by atoms with E-state index in [9.17, 15) is 36.9 Å². The Balaban J connectivity index is 2.12. The molecule has 10 atom stereocenters. The van der Waals surface area contributed by atoms with Gasteiger partial charge in [-0.3, -0.25) is 23.7 Å². The summed E-state index contributed by atoms with van der Waals surface area (Å²) in [5.41, 5.74) is 0. The van der Waals surface area contributed by atoms with E-state index in [1.54, 1.807) is 0 Å². The molecule has 20 heteroatoms. The highest BCUT2D eigenvalue weighted by Gasteiger charge is 2.59. The lowest BCUT2D eigenvalue weighted by molar-refractivity contribution is -0.332. The van der Waals surface area contributed by atoms with Gasteiger partial charge < -0.3 is 42.6 Å². The third-order valence-electron chi connectivity index (χ3n) is 6.04. The van der Waals surface area contributed by atoms with Crippen molar-refractivity contribution >= 4 is 46.1 Å². The normalized spacial score (nSPS) is 33.6. The number of ether oxygens (including phenoxy) is 9. The third-order valence-corrected chi connectivity index (χ3v) is 6.51. The van der Waals surface area contributed by atoms with Crippen LogP contribution in [0.15, 0.2) is 4.99 Å². The van der Waals surface area contributed by atoms with Gasteiger partial charge in [0.15, 0.2) is 36.6 Å². The van der Waals surface area contributed by atoms with Crippen LogP contribution in [0.25, 0.3) is 0 Å². The summed E-state index contributed by atoms with van der Waals surface area (Å²) >= 11 is 0. The Labute approximate surface area is 244 Å². The number of rotatable bonds is 10. The quantitative estimate of drug-likeness (QED) is 0.160. The first-order valence-corrected chi connectivity index (χ1v) is 13.9. The van der Waals surface area contributed by atoms with Gasteiger partial charge in [0, 0.05) is 34.6 Å². The minimum atomic E-state index is -5.24. The number of carbonyl (C=O) groups is 5. The van der Waals surface area contributed by atoms with Gasteiger partial charge in [0.05, 0.1) is 7.11 Å². The molecule has 0 spiro atoms. The first kappa shape index (κ1) is 34.1. The molecular formula is C23H31NO18S. The van der Waals surface area contributed by atoms with Gasteiger partial charge in [-0.05, 0) is 0 Å². The van der Waals surface area contributed by atoms with E-state index >= 15 is 0 Å². The van der Waals surface area contributed by atoms with Crippen molar-refractivity contribution in [2.45, 2.75) is 96.0 Å². The number of aliphatic imine (C=N–C) groups is 1. The van der Waals surface area contributed by atoms with Crippen molar-refractivity contribution in [1.29, 1.82) is 0 Å². The predicted octanol–water partition coefficient (Wildman–Crippen LogP) is -1.64. The third kappa shape index (κ3) is 8.80. The van der Waals surface area contributed by atoms with Crippen LogP contribution in [-0.2, 0) is 81.2 Å². The first-order valence-electron chi connectivity index (χ1n) is 12.6. The van der Waals surface area contributed by atoms with Gasteiger partial charge in [0.25, 0.3) is 0 Å². The Morgan fingerprint density at radius 3 is 1.95 bits per heavy atom. The van der Waals surface area contributed by atoms with Crippen LogP contribution in [0.5, 0.6) is 0 Å². The Bertz CT molecular complexity index is 1230. The van der Waals surface area contributed by atoms with Crippen molar-refractivity contribution in [3.8, 4) is 0 Å². The molecule has 0 saturated carbocycles. The van der Waals surface area contributed by atoms with E-state index in [4.69, 9.17) is 46.8 Å². The summed E-state index contributed by atoms with van der Waals surface area (Å²) < 4.78 is 86.6. The second kappa shape index (κ2) is 13.9. The summed E-state index contributed by atoms with van der Waals surface area (Å²) in [4.78, 5) is 64.6. The largest absolute Gasteiger partial charge is 0.467 e. The molecule has 0 aliphatic carbocycles. The van der Waals surface area contributed by atoms with Crippen molar-refractivity contribution in [2.24, 2.45) is 4.99 Å². The average molecular weight is 642 g/mol. The number of esters is 5. The molecule has 2 saturated heterocycles. The molecule has 0 aromatic carbocycles. The molecule has 2 fully saturated rings. The van der Waals surface area contributed by atoms with Gasteiger partial charge in [-0.25, -0.2) is 14.0 Å². The lowest BCUT2D eigenvalue weighted by Crippen LogP contribution is -2.66. The average Bonchev–Trinajstić information content (AvgIpc) is 3.25. The maximum absolute atomic E-state index is 12.7. The van der Waals surface area contributed by atoms with Crippen molar-refractivity contribution < 1.29 is 83.8 Å². The molecule has 3 aliphatic heterocycles. The second-order valence-corrected chi connectivity index (χ2v) is 10.4. The van der Waals surface area contributed by atoms with E-state index in [-0.39, 0.29) is 5.90 Å². The number of fused-ring (bicyclic) bond motifs is 1. The molecule has 2 unspecified atom stereocenters. The molecule has 3 heterocycles. The summed E-state index contributed by atoms with van der Waals surface area (Å²) in [5, 5.41) is 0. The summed E-state index contributed by atoms with van der Waals surface area (Å²) in [5.74, 6) is -4.69. The van der Waals surface area contributed by atoms with Crippen molar-refractivity contribution in [3.05, 3.63) is 0 Å². The monoisotopic (exact) mass is 641 g/mol. The molecule has 0 bridgehead atoms. The smallest absolute Gasteiger partial charge is 0.397 e. The van der Waals surface area contributed by atoms with Crippen LogP contribution in [0.4, 0.5) is 0 Å². The van der Waals surface area contributed by atoms with Gasteiger partial charge >= 0.3 is 40.2 Å². The molecule has 43 heavy (non-hydrogen) atoms. The van der Waals surface area contributed by atoms with E-state index in [1.807, 2.05) is 0 Å². The fourth-order valence-corrected chi connectivity index (χ4v) is 5.14. The van der Waals surface area contributed by atoms with E-state index in [2.05, 4.69) is 4.99 Å². The SMILES string of the molecule is COC(=O)[C@H]1O[C@@H](O[C@@H]2C3N=C(C)OC3O[C@H](COC(C)=O)[C@H]2OS(=O)(=O)O)[C@H](OC(C)=O)[C@@H](OC(C)=O)[C@@H]1OC(C)=O. The van der Waals surface area contributed by atoms with Crippen LogP contribution in [0.1, 0.15) is 34.6 Å². The van der Waals surface area contributed by atoms with Crippen LogP contribution in [0, 0.1) is 0 Å². The number of hydrogen-bond donors (Lipinski definition) is 1. The lowest BCUT2D eigenvalue weighted by Gasteiger charge is -2.46. The highest BCUT2D eigenvalue weighted by molar-refractivity contribution is 7.80. The second-order valence-electron chi connectivity index (χ2n) is 9.36. The fourth-order valence-electron chi connectivity index (χ4n) is 4.62. The summed E-state index contributed by atoms with van der Waals surface area (Å²) in [6.45, 7) is 4.85. The van der Waals surface area contributed by atoms with E-state index in [0.717, 1.165) is 34.8 Å². The molecule has 242 valence electrons. The van der Waals surface area contributed by atoms with E-state index < -0.39 is 108 Å². The minimum absolute atomic E-state index is 0.0589. The molecule has 3 rings (SSSR count). The van der Waals surface area contributed by atoms with Crippen LogP contribution in [0.3, 0.4) is 0 Å². The molecule has 0 radical (unpaired) electrons. The Kier molecular flexibility index (Phi) is 11.0. The fraction of sp³-hybridized carbons (Fsp3) is 0.739. The molecule has 0 amide bonds. The number of carbonyl (C=O) groups excluding carboxylic acids is 5. The first-order chi connectivity index (χ1) is 20.0. The maximum Gasteiger partial charge on any atom is 0.397 e. The van der Waals surface area contributed by atoms with Gasteiger partial charge in [0.2, 0.25) is 6.29 Å². The van der Waals surface area contributed by atoms with Crippen molar-refractivity contribution in [2.75, 3.05) is 13.7 Å². The van der Waals surface area contributed by atoms with Crippen molar-refractivity contribution in [3.63, 3.8) is 0 Å². The summed E-state index contributed by atoms with van der Waals surface area (Å²) in [6.07, 6.45) is -15.2. The van der Waals surface area contributed by atoms with Gasteiger partial charge in [-0.2, -0.15) is 8.42 Å². The number of methoxy groups -OCH3 is 1. The summed E-state index contributed by atoms with van der Waals surface area (Å²) in [7, 11) is -4.25. The van der Waals surface area contributed by atoms with E-state index in [1.165, 1.54) is 6.92 Å². The molecule has 0 aromatic heterocycles. The standard InChI is InChI=1S/C23H31NO18S/c1-8-24-14-16(15(42-43(30,31)32)13(7-34-9(2)25)39-22(14)35-8)40-23-20(38-12(5)28)18(37-11(4)27)17(36-10(3)26)19(41-23)21(29)33-6/h13-20,22-23H,7H2,1-6H3,(H,30,31,32)/t13-,14?,15-,16-,17+,18+,19+,20-,22?,23-/m1/s1. The van der Waals surface area contributed by atoms with E-state index in [0.29, 0.717) is 0 Å². The van der Waals surface area contributed by atoms with Crippen LogP contribution >= 0.6 is 0 Å². The highest BCUT2D eigenvalue weighted by Crippen LogP contribution is 2.37. The van der Waals surface area contributed by atoms with Crippen LogP contribution in [0.2, 0.25) is 0 Å². The molecule has 0 aromatic rings. The predicted molar refractivity (Wildman–Crippen MR) is 132 cm³/mol. The van der Waals surface area contributed by atoms with Gasteiger partial charge in [-0.1, -0.05) is 0 Å². The molecule has 19 nitrogen and oxygen atoms in total. The highest BCUT2D eigenvalue weighted by atomic mass is 32.3. The summed E-state index contributed by atoms with van der Waals surface area (Å²) in [6, 6.07) is -1.24. The molecule has 3 aliphatic rings. The van der Waals surface area contributed by atoms with Gasteiger partial charge in [0.1, 0.15) is 31.0 Å². The Hall–Kier alpha value is -3.43.